The molecule has 0 radical (unpaired) electrons. The molecule has 0 saturated heterocycles. The second-order valence-corrected chi connectivity index (χ2v) is 5.99. The van der Waals surface area contributed by atoms with Crippen LogP contribution in [0.4, 0.5) is 5.69 Å². The van der Waals surface area contributed by atoms with E-state index in [-0.39, 0.29) is 0 Å². The summed E-state index contributed by atoms with van der Waals surface area (Å²) in [6.07, 6.45) is 1.57. The third-order valence-corrected chi connectivity index (χ3v) is 4.01. The first-order valence-corrected chi connectivity index (χ1v) is 8.16. The fourth-order valence-corrected chi connectivity index (χ4v) is 2.62. The van der Waals surface area contributed by atoms with Crippen LogP contribution in [-0.2, 0) is 6.54 Å². The van der Waals surface area contributed by atoms with E-state index in [1.165, 1.54) is 5.56 Å². The van der Waals surface area contributed by atoms with Crippen LogP contribution in [0.5, 0.6) is 0 Å². The molecule has 2 heterocycles. The Morgan fingerprint density at radius 1 is 1.08 bits per heavy atom. The molecule has 1 N–H and O–H groups in total. The van der Waals surface area contributed by atoms with E-state index >= 15 is 0 Å². The fraction of sp³-hybridized carbons (Fsp3) is 0.167. The van der Waals surface area contributed by atoms with Crippen molar-refractivity contribution < 1.29 is 4.52 Å². The molecule has 0 aliphatic heterocycles. The minimum absolute atomic E-state index is 0.447. The van der Waals surface area contributed by atoms with Gasteiger partial charge < -0.3 is 9.84 Å². The van der Waals surface area contributed by atoms with Crippen molar-refractivity contribution in [2.24, 2.45) is 0 Å². The second-order valence-electron chi connectivity index (χ2n) is 5.99. The van der Waals surface area contributed by atoms with Crippen LogP contribution >= 0.6 is 0 Å². The molecule has 2 aromatic heterocycles. The van der Waals surface area contributed by atoms with Gasteiger partial charge in [0.2, 0.25) is 11.7 Å². The SMILES string of the molecule is Cc1ccc(-c2noc(CNc3ccc(-n4cnnn4)c(C)c3)n2)cc1. The molecule has 0 saturated carbocycles. The van der Waals surface area contributed by atoms with Crippen molar-refractivity contribution in [2.45, 2.75) is 20.4 Å². The molecule has 0 bridgehead atoms. The van der Waals surface area contributed by atoms with E-state index in [2.05, 4.69) is 31.0 Å². The van der Waals surface area contributed by atoms with E-state index in [1.807, 2.05) is 56.3 Å². The molecule has 0 amide bonds. The van der Waals surface area contributed by atoms with Crippen molar-refractivity contribution in [1.29, 1.82) is 0 Å². The molecule has 130 valence electrons. The monoisotopic (exact) mass is 347 g/mol. The first-order chi connectivity index (χ1) is 12.7. The first-order valence-electron chi connectivity index (χ1n) is 8.16. The molecule has 2 aromatic carbocycles. The molecule has 0 spiro atoms. The molecule has 4 aromatic rings. The predicted octanol–water partition coefficient (Wildman–Crippen LogP) is 2.94. The van der Waals surface area contributed by atoms with Gasteiger partial charge in [-0.25, -0.2) is 4.68 Å². The summed E-state index contributed by atoms with van der Waals surface area (Å²) in [5, 5.41) is 18.6. The lowest BCUT2D eigenvalue weighted by Crippen LogP contribution is -2.02. The topological polar surface area (TPSA) is 94.6 Å². The predicted molar refractivity (Wildman–Crippen MR) is 95.7 cm³/mol. The molecule has 4 rings (SSSR count). The molecule has 0 unspecified atom stereocenters. The Hall–Kier alpha value is -3.55. The number of nitrogens with one attached hydrogen (secondary N) is 1. The van der Waals surface area contributed by atoms with Crippen molar-refractivity contribution in [1.82, 2.24) is 30.3 Å². The molecule has 0 atom stereocenters. The lowest BCUT2D eigenvalue weighted by molar-refractivity contribution is 0.384. The molecule has 8 nitrogen and oxygen atoms in total. The third-order valence-electron chi connectivity index (χ3n) is 4.01. The van der Waals surface area contributed by atoms with Crippen molar-refractivity contribution in [3.05, 3.63) is 65.8 Å². The Labute approximate surface area is 149 Å². The molecule has 0 aliphatic rings. The zero-order chi connectivity index (χ0) is 17.9. The van der Waals surface area contributed by atoms with Gasteiger partial charge in [0.25, 0.3) is 0 Å². The zero-order valence-corrected chi connectivity index (χ0v) is 14.4. The Morgan fingerprint density at radius 3 is 2.65 bits per heavy atom. The van der Waals surface area contributed by atoms with Crippen molar-refractivity contribution in [3.8, 4) is 17.1 Å². The van der Waals surface area contributed by atoms with Crippen molar-refractivity contribution >= 4 is 5.69 Å². The summed E-state index contributed by atoms with van der Waals surface area (Å²) in [5.74, 6) is 1.12. The zero-order valence-electron chi connectivity index (χ0n) is 14.4. The number of hydrogen-bond acceptors (Lipinski definition) is 7. The van der Waals surface area contributed by atoms with Crippen molar-refractivity contribution in [2.75, 3.05) is 5.32 Å². The van der Waals surface area contributed by atoms with Gasteiger partial charge in [0, 0.05) is 11.3 Å². The van der Waals surface area contributed by atoms with Gasteiger partial charge in [0.1, 0.15) is 6.33 Å². The normalized spacial score (nSPS) is 10.8. The van der Waals surface area contributed by atoms with Gasteiger partial charge in [-0.1, -0.05) is 35.0 Å². The summed E-state index contributed by atoms with van der Waals surface area (Å²) < 4.78 is 6.96. The average molecular weight is 347 g/mol. The number of nitrogens with zero attached hydrogens (tertiary/aromatic N) is 6. The Kier molecular flexibility index (Phi) is 4.14. The Bertz CT molecular complexity index is 1010. The van der Waals surface area contributed by atoms with Crippen LogP contribution in [-0.4, -0.2) is 30.3 Å². The second kappa shape index (κ2) is 6.75. The smallest absolute Gasteiger partial charge is 0.246 e. The maximum Gasteiger partial charge on any atom is 0.246 e. The molecule has 0 fully saturated rings. The maximum atomic E-state index is 5.33. The van der Waals surface area contributed by atoms with Crippen LogP contribution in [0.15, 0.2) is 53.3 Å². The fourth-order valence-electron chi connectivity index (χ4n) is 2.62. The number of tetrazole rings is 1. The highest BCUT2D eigenvalue weighted by Gasteiger charge is 2.09. The number of aryl methyl sites for hydroxylation is 2. The maximum absolute atomic E-state index is 5.33. The molecule has 8 heteroatoms. The number of anilines is 1. The van der Waals surface area contributed by atoms with Gasteiger partial charge in [-0.15, -0.1) is 5.10 Å². The molecular weight excluding hydrogens is 330 g/mol. The van der Waals surface area contributed by atoms with Gasteiger partial charge in [-0.3, -0.25) is 0 Å². The minimum atomic E-state index is 0.447. The highest BCUT2D eigenvalue weighted by atomic mass is 16.5. The van der Waals surface area contributed by atoms with E-state index in [9.17, 15) is 0 Å². The van der Waals surface area contributed by atoms with Gasteiger partial charge in [-0.2, -0.15) is 4.98 Å². The van der Waals surface area contributed by atoms with Gasteiger partial charge in [0.05, 0.1) is 12.2 Å². The summed E-state index contributed by atoms with van der Waals surface area (Å²) in [5.41, 5.74) is 5.06. The Morgan fingerprint density at radius 2 is 1.92 bits per heavy atom. The number of benzene rings is 2. The lowest BCUT2D eigenvalue weighted by Gasteiger charge is -2.08. The standard InChI is InChI=1S/C18H17N7O/c1-12-3-5-14(6-4-12)18-21-17(26-22-18)10-19-15-7-8-16(13(2)9-15)25-11-20-23-24-25/h3-9,11,19H,10H2,1-2H3. The van der Waals surface area contributed by atoms with E-state index < -0.39 is 0 Å². The van der Waals surface area contributed by atoms with Gasteiger partial charge in [0.15, 0.2) is 0 Å². The summed E-state index contributed by atoms with van der Waals surface area (Å²) >= 11 is 0. The number of aromatic nitrogens is 6. The highest BCUT2D eigenvalue weighted by molar-refractivity contribution is 5.55. The van der Waals surface area contributed by atoms with Crippen LogP contribution in [0.2, 0.25) is 0 Å². The van der Waals surface area contributed by atoms with E-state index in [0.717, 1.165) is 22.5 Å². The summed E-state index contributed by atoms with van der Waals surface area (Å²) in [7, 11) is 0. The van der Waals surface area contributed by atoms with Crippen LogP contribution in [0.25, 0.3) is 17.1 Å². The summed E-state index contributed by atoms with van der Waals surface area (Å²) in [4.78, 5) is 4.43. The average Bonchev–Trinajstić information content (AvgIpc) is 3.33. The number of rotatable bonds is 5. The van der Waals surface area contributed by atoms with Crippen LogP contribution in [0.3, 0.4) is 0 Å². The van der Waals surface area contributed by atoms with Gasteiger partial charge >= 0.3 is 0 Å². The van der Waals surface area contributed by atoms with E-state index in [0.29, 0.717) is 18.3 Å². The quantitative estimate of drug-likeness (QED) is 0.593. The molecule has 26 heavy (non-hydrogen) atoms. The van der Waals surface area contributed by atoms with Crippen LogP contribution in [0, 0.1) is 13.8 Å². The van der Waals surface area contributed by atoms with Crippen LogP contribution < -0.4 is 5.32 Å². The largest absolute Gasteiger partial charge is 0.376 e. The third kappa shape index (κ3) is 3.30. The van der Waals surface area contributed by atoms with E-state index in [1.54, 1.807) is 11.0 Å². The van der Waals surface area contributed by atoms with Gasteiger partial charge in [-0.05, 0) is 48.0 Å². The first kappa shape index (κ1) is 15.9. The molecule has 0 aliphatic carbocycles. The minimum Gasteiger partial charge on any atom is -0.376 e. The van der Waals surface area contributed by atoms with E-state index in [4.69, 9.17) is 4.52 Å². The summed E-state index contributed by atoms with van der Waals surface area (Å²) in [6.45, 7) is 4.49. The lowest BCUT2D eigenvalue weighted by atomic mass is 10.1. The molecular formula is C18H17N7O. The number of hydrogen-bond donors (Lipinski definition) is 1. The van der Waals surface area contributed by atoms with Crippen LogP contribution in [0.1, 0.15) is 17.0 Å². The summed E-state index contributed by atoms with van der Waals surface area (Å²) in [6, 6.07) is 14.0. The highest BCUT2D eigenvalue weighted by Crippen LogP contribution is 2.19. The van der Waals surface area contributed by atoms with Crippen molar-refractivity contribution in [3.63, 3.8) is 0 Å². The Balaban J connectivity index is 1.44.